The van der Waals surface area contributed by atoms with Crippen LogP contribution in [0.1, 0.15) is 17.9 Å². The van der Waals surface area contributed by atoms with Gasteiger partial charge in [-0.2, -0.15) is 0 Å². The fourth-order valence-corrected chi connectivity index (χ4v) is 2.58. The molecule has 1 rings (SSSR count). The maximum absolute atomic E-state index is 5.90. The molecule has 5 heteroatoms. The largest absolute Gasteiger partial charge is 0.382 e. The molecule has 0 amide bonds. The number of alkyl halides is 1. The summed E-state index contributed by atoms with van der Waals surface area (Å²) in [6.07, 6.45) is 0.977. The van der Waals surface area contributed by atoms with Gasteiger partial charge < -0.3 is 14.2 Å². The van der Waals surface area contributed by atoms with Crippen molar-refractivity contribution < 1.29 is 14.2 Å². The van der Waals surface area contributed by atoms with E-state index in [4.69, 9.17) is 25.8 Å². The van der Waals surface area contributed by atoms with Crippen LogP contribution in [0.5, 0.6) is 0 Å². The second kappa shape index (κ2) is 11.5. The molecule has 0 aliphatic heterocycles. The zero-order chi connectivity index (χ0) is 14.6. The maximum atomic E-state index is 5.90. The molecular weight excluding hydrogens is 344 g/mol. The summed E-state index contributed by atoms with van der Waals surface area (Å²) in [4.78, 5) is 0. The number of ether oxygens (including phenoxy) is 3. The van der Waals surface area contributed by atoms with Gasteiger partial charge in [0.15, 0.2) is 0 Å². The van der Waals surface area contributed by atoms with Crippen molar-refractivity contribution in [3.63, 3.8) is 0 Å². The Bertz CT molecular complexity index is 345. The Morgan fingerprint density at radius 3 is 2.20 bits per heavy atom. The number of rotatable bonds is 11. The van der Waals surface area contributed by atoms with Crippen molar-refractivity contribution in [2.75, 3.05) is 45.5 Å². The van der Waals surface area contributed by atoms with Gasteiger partial charge >= 0.3 is 0 Å². The summed E-state index contributed by atoms with van der Waals surface area (Å²) >= 11 is 9.45. The predicted molar refractivity (Wildman–Crippen MR) is 86.1 cm³/mol. The van der Waals surface area contributed by atoms with E-state index in [1.807, 2.05) is 12.1 Å². The van der Waals surface area contributed by atoms with Gasteiger partial charge in [-0.25, -0.2) is 0 Å². The molecule has 20 heavy (non-hydrogen) atoms. The van der Waals surface area contributed by atoms with Crippen LogP contribution in [0.4, 0.5) is 0 Å². The van der Waals surface area contributed by atoms with E-state index in [0.29, 0.717) is 32.3 Å². The lowest BCUT2D eigenvalue weighted by atomic mass is 9.98. The van der Waals surface area contributed by atoms with Crippen molar-refractivity contribution >= 4 is 27.5 Å². The topological polar surface area (TPSA) is 27.7 Å². The maximum Gasteiger partial charge on any atom is 0.0701 e. The molecule has 1 aromatic carbocycles. The molecule has 1 aromatic rings. The minimum absolute atomic E-state index is 0.446. The van der Waals surface area contributed by atoms with E-state index in [2.05, 4.69) is 28.1 Å². The number of benzene rings is 1. The minimum Gasteiger partial charge on any atom is -0.382 e. The van der Waals surface area contributed by atoms with Crippen LogP contribution in [0.25, 0.3) is 0 Å². The second-order valence-corrected chi connectivity index (χ2v) is 5.49. The molecule has 114 valence electrons. The van der Waals surface area contributed by atoms with Crippen LogP contribution < -0.4 is 0 Å². The van der Waals surface area contributed by atoms with Crippen LogP contribution in [0.3, 0.4) is 0 Å². The van der Waals surface area contributed by atoms with Gasteiger partial charge in [-0.15, -0.1) is 0 Å². The lowest BCUT2D eigenvalue weighted by Gasteiger charge is -2.14. The molecule has 0 aliphatic carbocycles. The van der Waals surface area contributed by atoms with Gasteiger partial charge in [-0.1, -0.05) is 39.7 Å². The van der Waals surface area contributed by atoms with E-state index in [-0.39, 0.29) is 0 Å². The third kappa shape index (κ3) is 7.60. The Morgan fingerprint density at radius 2 is 1.60 bits per heavy atom. The molecule has 0 saturated heterocycles. The van der Waals surface area contributed by atoms with Gasteiger partial charge in [-0.3, -0.25) is 0 Å². The molecule has 0 aliphatic rings. The van der Waals surface area contributed by atoms with Crippen molar-refractivity contribution in [1.82, 2.24) is 0 Å². The van der Waals surface area contributed by atoms with Gasteiger partial charge in [0.25, 0.3) is 0 Å². The molecule has 0 saturated carbocycles. The Balaban J connectivity index is 2.14. The number of halogens is 2. The normalized spacial score (nSPS) is 12.6. The Hall–Kier alpha value is -0.130. The molecule has 0 bridgehead atoms. The van der Waals surface area contributed by atoms with E-state index in [1.165, 1.54) is 5.56 Å². The van der Waals surface area contributed by atoms with Crippen LogP contribution in [-0.2, 0) is 14.2 Å². The zero-order valence-electron chi connectivity index (χ0n) is 11.8. The first-order valence-corrected chi connectivity index (χ1v) is 8.23. The first-order valence-electron chi connectivity index (χ1n) is 6.73. The third-order valence-electron chi connectivity index (χ3n) is 2.94. The van der Waals surface area contributed by atoms with E-state index in [0.717, 1.165) is 23.4 Å². The van der Waals surface area contributed by atoms with E-state index in [9.17, 15) is 0 Å². The van der Waals surface area contributed by atoms with Crippen LogP contribution >= 0.6 is 27.5 Å². The summed E-state index contributed by atoms with van der Waals surface area (Å²) in [6.45, 7) is 3.21. The lowest BCUT2D eigenvalue weighted by molar-refractivity contribution is 0.0236. The highest BCUT2D eigenvalue weighted by Crippen LogP contribution is 2.23. The average Bonchev–Trinajstić information content (AvgIpc) is 2.47. The number of hydrogen-bond acceptors (Lipinski definition) is 3. The molecule has 3 nitrogen and oxygen atoms in total. The van der Waals surface area contributed by atoms with E-state index in [1.54, 1.807) is 7.11 Å². The summed E-state index contributed by atoms with van der Waals surface area (Å²) in [6, 6.07) is 8.00. The summed E-state index contributed by atoms with van der Waals surface area (Å²) in [5, 5.41) is 1.69. The summed E-state index contributed by atoms with van der Waals surface area (Å²) in [5.41, 5.74) is 1.28. The lowest BCUT2D eigenvalue weighted by Crippen LogP contribution is -2.11. The summed E-state index contributed by atoms with van der Waals surface area (Å²) in [7, 11) is 1.66. The van der Waals surface area contributed by atoms with Crippen molar-refractivity contribution in [2.24, 2.45) is 0 Å². The molecule has 0 spiro atoms. The van der Waals surface area contributed by atoms with Crippen molar-refractivity contribution in [1.29, 1.82) is 0 Å². The molecule has 1 atom stereocenters. The van der Waals surface area contributed by atoms with Crippen LogP contribution in [0.2, 0.25) is 5.02 Å². The molecule has 0 radical (unpaired) electrons. The minimum atomic E-state index is 0.446. The summed E-state index contributed by atoms with van der Waals surface area (Å²) < 4.78 is 15.8. The van der Waals surface area contributed by atoms with E-state index >= 15 is 0 Å². The molecule has 0 N–H and O–H groups in total. The molecular formula is C15H22BrClO3. The van der Waals surface area contributed by atoms with Crippen LogP contribution in [-0.4, -0.2) is 45.5 Å². The first kappa shape index (κ1) is 17.9. The Morgan fingerprint density at radius 1 is 1.00 bits per heavy atom. The smallest absolute Gasteiger partial charge is 0.0701 e. The highest BCUT2D eigenvalue weighted by atomic mass is 79.9. The van der Waals surface area contributed by atoms with Gasteiger partial charge in [0, 0.05) is 24.1 Å². The van der Waals surface area contributed by atoms with Crippen molar-refractivity contribution in [3.8, 4) is 0 Å². The zero-order valence-corrected chi connectivity index (χ0v) is 14.2. The van der Waals surface area contributed by atoms with Gasteiger partial charge in [-0.05, 0) is 30.0 Å². The fraction of sp³-hybridized carbons (Fsp3) is 0.600. The number of hydrogen-bond donors (Lipinski definition) is 0. The van der Waals surface area contributed by atoms with Gasteiger partial charge in [0.05, 0.1) is 26.4 Å². The standard InChI is InChI=1S/C15H22BrClO3/c1-18-8-9-20-11-10-19-7-6-14(12-16)13-2-4-15(17)5-3-13/h2-5,14H,6-12H2,1H3. The molecule has 0 fully saturated rings. The monoisotopic (exact) mass is 364 g/mol. The van der Waals surface area contributed by atoms with Gasteiger partial charge in [0.1, 0.15) is 0 Å². The Kier molecular flexibility index (Phi) is 10.3. The molecule has 0 aromatic heterocycles. The highest BCUT2D eigenvalue weighted by molar-refractivity contribution is 9.09. The van der Waals surface area contributed by atoms with Gasteiger partial charge in [0.2, 0.25) is 0 Å². The van der Waals surface area contributed by atoms with Crippen molar-refractivity contribution in [2.45, 2.75) is 12.3 Å². The Labute approximate surface area is 134 Å². The molecule has 0 heterocycles. The SMILES string of the molecule is COCCOCCOCCC(CBr)c1ccc(Cl)cc1. The van der Waals surface area contributed by atoms with E-state index < -0.39 is 0 Å². The second-order valence-electron chi connectivity index (χ2n) is 4.41. The predicted octanol–water partition coefficient (Wildman–Crippen LogP) is 3.89. The van der Waals surface area contributed by atoms with Crippen LogP contribution in [0, 0.1) is 0 Å². The van der Waals surface area contributed by atoms with Crippen molar-refractivity contribution in [3.05, 3.63) is 34.9 Å². The summed E-state index contributed by atoms with van der Waals surface area (Å²) in [5.74, 6) is 0.446. The molecule has 1 unspecified atom stereocenters. The third-order valence-corrected chi connectivity index (χ3v) is 3.98. The fourth-order valence-electron chi connectivity index (χ4n) is 1.76. The highest BCUT2D eigenvalue weighted by Gasteiger charge is 2.09. The average molecular weight is 366 g/mol. The number of methoxy groups -OCH3 is 1. The quantitative estimate of drug-likeness (QED) is 0.440. The van der Waals surface area contributed by atoms with Crippen LogP contribution in [0.15, 0.2) is 24.3 Å². The first-order chi connectivity index (χ1) is 9.77.